The van der Waals surface area contributed by atoms with E-state index < -0.39 is 0 Å². The Labute approximate surface area is 112 Å². The summed E-state index contributed by atoms with van der Waals surface area (Å²) in [5.74, 6) is 1.07. The molecule has 1 aromatic rings. The van der Waals surface area contributed by atoms with Crippen molar-refractivity contribution in [1.29, 1.82) is 0 Å². The van der Waals surface area contributed by atoms with E-state index in [1.165, 1.54) is 12.0 Å². The van der Waals surface area contributed by atoms with Gasteiger partial charge in [0.2, 0.25) is 0 Å². The summed E-state index contributed by atoms with van der Waals surface area (Å²) in [5.41, 5.74) is 1.25. The number of pyridine rings is 1. The summed E-state index contributed by atoms with van der Waals surface area (Å²) in [6.07, 6.45) is 5.47. The van der Waals surface area contributed by atoms with Gasteiger partial charge in [-0.2, -0.15) is 0 Å². The zero-order chi connectivity index (χ0) is 13.4. The molecule has 0 saturated carbocycles. The van der Waals surface area contributed by atoms with E-state index in [4.69, 9.17) is 0 Å². The molecule has 0 bridgehead atoms. The molecule has 0 atom stereocenters. The lowest BCUT2D eigenvalue weighted by Gasteiger charge is -2.27. The fourth-order valence-corrected chi connectivity index (χ4v) is 2.16. The minimum atomic E-state index is 0.585. The van der Waals surface area contributed by atoms with Crippen molar-refractivity contribution in [2.75, 3.05) is 18.5 Å². The van der Waals surface area contributed by atoms with Crippen molar-refractivity contribution in [3.63, 3.8) is 0 Å². The summed E-state index contributed by atoms with van der Waals surface area (Å²) in [6.45, 7) is 8.62. The number of anilines is 1. The molecule has 0 saturated heterocycles. The maximum atomic E-state index is 4.56. The van der Waals surface area contributed by atoms with Crippen LogP contribution in [0.1, 0.15) is 45.6 Å². The van der Waals surface area contributed by atoms with Gasteiger partial charge >= 0.3 is 0 Å². The van der Waals surface area contributed by atoms with Crippen LogP contribution in [0.4, 0.5) is 5.82 Å². The molecule has 3 nitrogen and oxygen atoms in total. The van der Waals surface area contributed by atoms with Crippen LogP contribution >= 0.6 is 0 Å². The third kappa shape index (κ3) is 4.30. The SMILES string of the molecule is CCCNCc1ccc(N(C)C(CC)CC)nc1. The summed E-state index contributed by atoms with van der Waals surface area (Å²) in [7, 11) is 2.13. The predicted octanol–water partition coefficient (Wildman–Crippen LogP) is 3.21. The average Bonchev–Trinajstić information content (AvgIpc) is 2.41. The minimum absolute atomic E-state index is 0.585. The van der Waals surface area contributed by atoms with Crippen LogP contribution < -0.4 is 10.2 Å². The van der Waals surface area contributed by atoms with Gasteiger partial charge in [-0.05, 0) is 37.4 Å². The summed E-state index contributed by atoms with van der Waals surface area (Å²) in [6, 6.07) is 4.88. The smallest absolute Gasteiger partial charge is 0.128 e. The van der Waals surface area contributed by atoms with Gasteiger partial charge in [0.15, 0.2) is 0 Å². The molecule has 18 heavy (non-hydrogen) atoms. The van der Waals surface area contributed by atoms with Gasteiger partial charge in [-0.15, -0.1) is 0 Å². The Balaban J connectivity index is 2.58. The average molecular weight is 249 g/mol. The van der Waals surface area contributed by atoms with Gasteiger partial charge < -0.3 is 10.2 Å². The normalized spacial score (nSPS) is 10.9. The number of aromatic nitrogens is 1. The van der Waals surface area contributed by atoms with Crippen LogP contribution in [0.3, 0.4) is 0 Å². The lowest BCUT2D eigenvalue weighted by atomic mass is 10.1. The first-order valence-corrected chi connectivity index (χ1v) is 7.11. The number of hydrogen-bond donors (Lipinski definition) is 1. The highest BCUT2D eigenvalue weighted by Gasteiger charge is 2.11. The first-order valence-electron chi connectivity index (χ1n) is 7.11. The minimum Gasteiger partial charge on any atom is -0.357 e. The molecule has 1 heterocycles. The molecular weight excluding hydrogens is 222 g/mol. The standard InChI is InChI=1S/C15H27N3/c1-5-10-16-11-13-8-9-15(17-12-13)18(4)14(6-2)7-3/h8-9,12,14,16H,5-7,10-11H2,1-4H3. The molecular formula is C15H27N3. The molecule has 1 aromatic heterocycles. The van der Waals surface area contributed by atoms with Gasteiger partial charge in [-0.3, -0.25) is 0 Å². The van der Waals surface area contributed by atoms with E-state index in [1.807, 2.05) is 6.20 Å². The maximum Gasteiger partial charge on any atom is 0.128 e. The van der Waals surface area contributed by atoms with Gasteiger partial charge in [0.05, 0.1) is 0 Å². The lowest BCUT2D eigenvalue weighted by molar-refractivity contribution is 0.586. The van der Waals surface area contributed by atoms with Crippen LogP contribution in [0.15, 0.2) is 18.3 Å². The Bertz CT molecular complexity index is 317. The fourth-order valence-electron chi connectivity index (χ4n) is 2.16. The zero-order valence-electron chi connectivity index (χ0n) is 12.2. The highest BCUT2D eigenvalue weighted by atomic mass is 15.2. The van der Waals surface area contributed by atoms with Crippen LogP contribution in [0, 0.1) is 0 Å². The molecule has 0 aromatic carbocycles. The van der Waals surface area contributed by atoms with Gasteiger partial charge in [0.25, 0.3) is 0 Å². The summed E-state index contributed by atoms with van der Waals surface area (Å²) in [5, 5.41) is 3.39. The first-order chi connectivity index (χ1) is 8.72. The highest BCUT2D eigenvalue weighted by molar-refractivity contribution is 5.39. The molecule has 0 aliphatic rings. The quantitative estimate of drug-likeness (QED) is 0.717. The molecule has 0 unspecified atom stereocenters. The Hall–Kier alpha value is -1.09. The Morgan fingerprint density at radius 3 is 2.44 bits per heavy atom. The van der Waals surface area contributed by atoms with Crippen LogP contribution in [0.2, 0.25) is 0 Å². The Kier molecular flexibility index (Phi) is 6.73. The van der Waals surface area contributed by atoms with Crippen LogP contribution in [-0.2, 0) is 6.54 Å². The van der Waals surface area contributed by atoms with Gasteiger partial charge in [0, 0.05) is 25.8 Å². The van der Waals surface area contributed by atoms with Gasteiger partial charge in [-0.25, -0.2) is 4.98 Å². The maximum absolute atomic E-state index is 4.56. The van der Waals surface area contributed by atoms with Crippen molar-refractivity contribution in [1.82, 2.24) is 10.3 Å². The monoisotopic (exact) mass is 249 g/mol. The van der Waals surface area contributed by atoms with Crippen molar-refractivity contribution in [3.05, 3.63) is 23.9 Å². The Morgan fingerprint density at radius 2 is 1.94 bits per heavy atom. The molecule has 0 aliphatic heterocycles. The molecule has 0 radical (unpaired) electrons. The van der Waals surface area contributed by atoms with Crippen molar-refractivity contribution in [2.45, 2.75) is 52.6 Å². The third-order valence-electron chi connectivity index (χ3n) is 3.42. The third-order valence-corrected chi connectivity index (χ3v) is 3.42. The molecule has 0 fully saturated rings. The van der Waals surface area contributed by atoms with Crippen molar-refractivity contribution in [3.8, 4) is 0 Å². The van der Waals surface area contributed by atoms with Crippen LogP contribution in [0.5, 0.6) is 0 Å². The van der Waals surface area contributed by atoms with E-state index in [0.717, 1.165) is 31.7 Å². The number of nitrogens with zero attached hydrogens (tertiary/aromatic N) is 2. The lowest BCUT2D eigenvalue weighted by Crippen LogP contribution is -2.31. The second kappa shape index (κ2) is 8.09. The highest BCUT2D eigenvalue weighted by Crippen LogP contribution is 2.16. The van der Waals surface area contributed by atoms with E-state index in [1.54, 1.807) is 0 Å². The Morgan fingerprint density at radius 1 is 1.22 bits per heavy atom. The second-order valence-corrected chi connectivity index (χ2v) is 4.78. The topological polar surface area (TPSA) is 28.2 Å². The predicted molar refractivity (Wildman–Crippen MR) is 79.0 cm³/mol. The van der Waals surface area contributed by atoms with Gasteiger partial charge in [-0.1, -0.05) is 26.8 Å². The van der Waals surface area contributed by atoms with Crippen LogP contribution in [0.25, 0.3) is 0 Å². The first kappa shape index (κ1) is 15.0. The molecule has 102 valence electrons. The number of rotatable bonds is 8. The second-order valence-electron chi connectivity index (χ2n) is 4.78. The van der Waals surface area contributed by atoms with E-state index in [9.17, 15) is 0 Å². The molecule has 3 heteroatoms. The molecule has 0 spiro atoms. The van der Waals surface area contributed by atoms with Gasteiger partial charge in [0.1, 0.15) is 5.82 Å². The molecule has 0 aliphatic carbocycles. The van der Waals surface area contributed by atoms with E-state index in [-0.39, 0.29) is 0 Å². The zero-order valence-corrected chi connectivity index (χ0v) is 12.2. The summed E-state index contributed by atoms with van der Waals surface area (Å²) in [4.78, 5) is 6.84. The molecule has 1 rings (SSSR count). The van der Waals surface area contributed by atoms with E-state index in [2.05, 4.69) is 55.2 Å². The molecule has 0 amide bonds. The number of nitrogens with one attached hydrogen (secondary N) is 1. The van der Waals surface area contributed by atoms with E-state index >= 15 is 0 Å². The largest absolute Gasteiger partial charge is 0.357 e. The van der Waals surface area contributed by atoms with Crippen molar-refractivity contribution >= 4 is 5.82 Å². The van der Waals surface area contributed by atoms with Crippen molar-refractivity contribution < 1.29 is 0 Å². The molecule has 1 N–H and O–H groups in total. The number of hydrogen-bond acceptors (Lipinski definition) is 3. The fraction of sp³-hybridized carbons (Fsp3) is 0.667. The van der Waals surface area contributed by atoms with Crippen molar-refractivity contribution in [2.24, 2.45) is 0 Å². The van der Waals surface area contributed by atoms with E-state index in [0.29, 0.717) is 6.04 Å². The van der Waals surface area contributed by atoms with Crippen LogP contribution in [-0.4, -0.2) is 24.6 Å². The summed E-state index contributed by atoms with van der Waals surface area (Å²) >= 11 is 0. The summed E-state index contributed by atoms with van der Waals surface area (Å²) < 4.78 is 0.